The van der Waals surface area contributed by atoms with Gasteiger partial charge in [-0.15, -0.1) is 11.8 Å². The molecule has 0 unspecified atom stereocenters. The van der Waals surface area contributed by atoms with E-state index < -0.39 is 0 Å². The Bertz CT molecular complexity index is 833. The van der Waals surface area contributed by atoms with Crippen LogP contribution in [0.5, 0.6) is 0 Å². The fourth-order valence-corrected chi connectivity index (χ4v) is 3.63. The molecule has 0 atom stereocenters. The summed E-state index contributed by atoms with van der Waals surface area (Å²) in [5, 5.41) is 2.71. The smallest absolute Gasteiger partial charge is 0.227 e. The van der Waals surface area contributed by atoms with Crippen molar-refractivity contribution >= 4 is 40.7 Å². The van der Waals surface area contributed by atoms with Gasteiger partial charge in [-0.05, 0) is 42.8 Å². The zero-order chi connectivity index (χ0) is 18.5. The van der Waals surface area contributed by atoms with Crippen molar-refractivity contribution in [2.75, 3.05) is 22.5 Å². The second-order valence-corrected chi connectivity index (χ2v) is 7.17. The minimum Gasteiger partial charge on any atom is -0.326 e. The molecule has 0 bridgehead atoms. The number of amides is 2. The van der Waals surface area contributed by atoms with Gasteiger partial charge in [0, 0.05) is 41.7 Å². The molecule has 1 aliphatic rings. The molecule has 2 amide bonds. The van der Waals surface area contributed by atoms with Gasteiger partial charge in [0.1, 0.15) is 0 Å². The normalized spacial score (nSPS) is 13.7. The fourth-order valence-electron chi connectivity index (χ4n) is 2.84. The van der Waals surface area contributed by atoms with Crippen molar-refractivity contribution in [3.05, 3.63) is 54.1 Å². The lowest BCUT2D eigenvalue weighted by atomic mass is 10.1. The molecule has 1 fully saturated rings. The van der Waals surface area contributed by atoms with Crippen LogP contribution in [0, 0.1) is 0 Å². The summed E-state index contributed by atoms with van der Waals surface area (Å²) in [5.41, 5.74) is 2.14. The number of thioether (sulfide) groups is 1. The molecule has 3 rings (SSSR count). The van der Waals surface area contributed by atoms with E-state index in [0.717, 1.165) is 22.7 Å². The number of nitrogens with zero attached hydrogens (tertiary/aromatic N) is 1. The monoisotopic (exact) mass is 368 g/mol. The molecule has 0 aromatic heterocycles. The van der Waals surface area contributed by atoms with E-state index in [4.69, 9.17) is 0 Å². The molecular weight excluding hydrogens is 348 g/mol. The van der Waals surface area contributed by atoms with Crippen molar-refractivity contribution in [3.63, 3.8) is 0 Å². The maximum absolute atomic E-state index is 12.5. The third kappa shape index (κ3) is 4.52. The minimum absolute atomic E-state index is 0.0226. The van der Waals surface area contributed by atoms with Crippen LogP contribution in [0.4, 0.5) is 11.4 Å². The van der Waals surface area contributed by atoms with Crippen LogP contribution in [0.1, 0.15) is 30.1 Å². The summed E-state index contributed by atoms with van der Waals surface area (Å²) in [7, 11) is 0. The number of benzene rings is 2. The van der Waals surface area contributed by atoms with E-state index in [1.807, 2.05) is 36.4 Å². The van der Waals surface area contributed by atoms with E-state index in [-0.39, 0.29) is 17.6 Å². The molecule has 5 nitrogen and oxygen atoms in total. The third-order valence-electron chi connectivity index (χ3n) is 4.10. The van der Waals surface area contributed by atoms with Gasteiger partial charge in [-0.1, -0.05) is 12.1 Å². The van der Waals surface area contributed by atoms with E-state index in [1.165, 1.54) is 18.7 Å². The van der Waals surface area contributed by atoms with Gasteiger partial charge in [-0.25, -0.2) is 0 Å². The summed E-state index contributed by atoms with van der Waals surface area (Å²) in [5.74, 6) is 0.339. The van der Waals surface area contributed by atoms with Crippen LogP contribution in [0.15, 0.2) is 53.4 Å². The van der Waals surface area contributed by atoms with E-state index in [0.29, 0.717) is 24.3 Å². The van der Waals surface area contributed by atoms with Gasteiger partial charge in [-0.2, -0.15) is 0 Å². The van der Waals surface area contributed by atoms with Crippen LogP contribution in [-0.2, 0) is 9.59 Å². The molecule has 1 aliphatic heterocycles. The first kappa shape index (κ1) is 18.2. The molecule has 1 saturated heterocycles. The van der Waals surface area contributed by atoms with Crippen LogP contribution in [0.3, 0.4) is 0 Å². The van der Waals surface area contributed by atoms with Crippen LogP contribution < -0.4 is 10.2 Å². The molecule has 6 heteroatoms. The summed E-state index contributed by atoms with van der Waals surface area (Å²) >= 11 is 1.45. The average Bonchev–Trinajstić information content (AvgIpc) is 3.06. The quantitative estimate of drug-likeness (QED) is 0.623. The molecule has 0 spiro atoms. The Morgan fingerprint density at radius 3 is 2.58 bits per heavy atom. The number of rotatable bonds is 6. The molecule has 0 aliphatic carbocycles. The number of Topliss-reactive ketones (excluding diaryl/α,β-unsaturated/α-hetero) is 1. The lowest BCUT2D eigenvalue weighted by Gasteiger charge is -2.16. The van der Waals surface area contributed by atoms with Crippen molar-refractivity contribution in [2.45, 2.75) is 24.7 Å². The minimum atomic E-state index is -0.114. The molecule has 134 valence electrons. The first-order valence-corrected chi connectivity index (χ1v) is 9.45. The van der Waals surface area contributed by atoms with Gasteiger partial charge < -0.3 is 10.2 Å². The molecule has 26 heavy (non-hydrogen) atoms. The fraction of sp³-hybridized carbons (Fsp3) is 0.250. The molecule has 0 radical (unpaired) electrons. The highest BCUT2D eigenvalue weighted by Crippen LogP contribution is 2.25. The Labute approximate surface area is 156 Å². The topological polar surface area (TPSA) is 66.5 Å². The molecular formula is C20H20N2O3S. The summed E-state index contributed by atoms with van der Waals surface area (Å²) < 4.78 is 0. The highest BCUT2D eigenvalue weighted by molar-refractivity contribution is 8.00. The lowest BCUT2D eigenvalue weighted by Crippen LogP contribution is -2.23. The van der Waals surface area contributed by atoms with Gasteiger partial charge in [-0.3, -0.25) is 14.4 Å². The highest BCUT2D eigenvalue weighted by Gasteiger charge is 2.22. The summed E-state index contributed by atoms with van der Waals surface area (Å²) in [6.45, 7) is 2.18. The zero-order valence-electron chi connectivity index (χ0n) is 14.5. The number of anilines is 2. The van der Waals surface area contributed by atoms with E-state index in [1.54, 1.807) is 17.0 Å². The SMILES string of the molecule is CC(=O)Nc1ccc(SCC(=O)c2cccc(N3CCCC3=O)c2)cc1. The van der Waals surface area contributed by atoms with Gasteiger partial charge in [0.2, 0.25) is 11.8 Å². The van der Waals surface area contributed by atoms with Crippen molar-refractivity contribution in [2.24, 2.45) is 0 Å². The van der Waals surface area contributed by atoms with E-state index >= 15 is 0 Å². The maximum Gasteiger partial charge on any atom is 0.227 e. The Balaban J connectivity index is 1.61. The first-order chi connectivity index (χ1) is 12.5. The molecule has 1 N–H and O–H groups in total. The highest BCUT2D eigenvalue weighted by atomic mass is 32.2. The molecule has 0 saturated carbocycles. The predicted molar refractivity (Wildman–Crippen MR) is 104 cm³/mol. The standard InChI is InChI=1S/C20H20N2O3S/c1-14(23)21-16-7-9-18(10-8-16)26-13-19(24)15-4-2-5-17(12-15)22-11-3-6-20(22)25/h2,4-5,7-10,12H,3,6,11,13H2,1H3,(H,21,23). The van der Waals surface area contributed by atoms with Crippen LogP contribution in [-0.4, -0.2) is 29.9 Å². The summed E-state index contributed by atoms with van der Waals surface area (Å²) in [6.07, 6.45) is 1.43. The molecule has 1 heterocycles. The first-order valence-electron chi connectivity index (χ1n) is 8.47. The largest absolute Gasteiger partial charge is 0.326 e. The second kappa shape index (κ2) is 8.19. The van der Waals surface area contributed by atoms with E-state index in [9.17, 15) is 14.4 Å². The number of ketones is 1. The van der Waals surface area contributed by atoms with Crippen molar-refractivity contribution in [1.82, 2.24) is 0 Å². The molecule has 2 aromatic carbocycles. The second-order valence-electron chi connectivity index (χ2n) is 6.12. The summed E-state index contributed by atoms with van der Waals surface area (Å²) in [4.78, 5) is 38.1. The Morgan fingerprint density at radius 1 is 1.15 bits per heavy atom. The number of hydrogen-bond acceptors (Lipinski definition) is 4. The third-order valence-corrected chi connectivity index (χ3v) is 5.11. The Morgan fingerprint density at radius 2 is 1.92 bits per heavy atom. The number of carbonyl (C=O) groups is 3. The number of carbonyl (C=O) groups excluding carboxylic acids is 3. The van der Waals surface area contributed by atoms with Crippen molar-refractivity contribution in [1.29, 1.82) is 0 Å². The Kier molecular flexibility index (Phi) is 5.73. The maximum atomic E-state index is 12.5. The lowest BCUT2D eigenvalue weighted by molar-refractivity contribution is -0.117. The van der Waals surface area contributed by atoms with Gasteiger partial charge in [0.15, 0.2) is 5.78 Å². The number of nitrogens with one attached hydrogen (secondary N) is 1. The van der Waals surface area contributed by atoms with Gasteiger partial charge in [0.05, 0.1) is 5.75 Å². The molecule has 2 aromatic rings. The zero-order valence-corrected chi connectivity index (χ0v) is 15.3. The van der Waals surface area contributed by atoms with Crippen molar-refractivity contribution in [3.8, 4) is 0 Å². The van der Waals surface area contributed by atoms with Gasteiger partial charge in [0.25, 0.3) is 0 Å². The van der Waals surface area contributed by atoms with Crippen LogP contribution in [0.2, 0.25) is 0 Å². The van der Waals surface area contributed by atoms with Crippen molar-refractivity contribution < 1.29 is 14.4 Å². The number of hydrogen-bond donors (Lipinski definition) is 1. The van der Waals surface area contributed by atoms with Gasteiger partial charge >= 0.3 is 0 Å². The Hall–Kier alpha value is -2.60. The average molecular weight is 368 g/mol. The van der Waals surface area contributed by atoms with Crippen LogP contribution in [0.25, 0.3) is 0 Å². The van der Waals surface area contributed by atoms with Crippen LogP contribution >= 0.6 is 11.8 Å². The van der Waals surface area contributed by atoms with E-state index in [2.05, 4.69) is 5.32 Å². The summed E-state index contributed by atoms with van der Waals surface area (Å²) in [6, 6.07) is 14.7. The predicted octanol–water partition coefficient (Wildman–Crippen LogP) is 3.75.